The molecular weight excluding hydrogens is 314 g/mol. The van der Waals surface area contributed by atoms with Gasteiger partial charge in [-0.05, 0) is 50.5 Å². The van der Waals surface area contributed by atoms with Gasteiger partial charge in [0.05, 0.1) is 6.10 Å². The van der Waals surface area contributed by atoms with Crippen LogP contribution in [0.15, 0.2) is 48.5 Å². The van der Waals surface area contributed by atoms with E-state index in [2.05, 4.69) is 19.2 Å². The van der Waals surface area contributed by atoms with Crippen LogP contribution in [-0.4, -0.2) is 18.1 Å². The zero-order chi connectivity index (χ0) is 18.4. The summed E-state index contributed by atoms with van der Waals surface area (Å²) in [4.78, 5) is 12.5. The highest BCUT2D eigenvalue weighted by molar-refractivity contribution is 5.94. The molecule has 0 radical (unpaired) electrons. The molecule has 2 aromatic carbocycles. The summed E-state index contributed by atoms with van der Waals surface area (Å²) < 4.78 is 11.5. The fourth-order valence-electron chi connectivity index (χ4n) is 2.47. The summed E-state index contributed by atoms with van der Waals surface area (Å²) in [5.41, 5.74) is 1.78. The van der Waals surface area contributed by atoms with Gasteiger partial charge in [0, 0.05) is 11.8 Å². The highest BCUT2D eigenvalue weighted by atomic mass is 16.5. The van der Waals surface area contributed by atoms with Gasteiger partial charge in [0.2, 0.25) is 0 Å². The molecule has 0 aromatic heterocycles. The molecule has 2 rings (SSSR count). The van der Waals surface area contributed by atoms with Gasteiger partial charge in [-0.3, -0.25) is 4.79 Å². The summed E-state index contributed by atoms with van der Waals surface area (Å²) in [6.45, 7) is 9.89. The largest absolute Gasteiger partial charge is 0.491 e. The fourth-order valence-corrected chi connectivity index (χ4v) is 2.47. The first-order valence-electron chi connectivity index (χ1n) is 8.70. The molecule has 1 N–H and O–H groups in total. The summed E-state index contributed by atoms with van der Waals surface area (Å²) in [5.74, 6) is 1.61. The van der Waals surface area contributed by atoms with Crippen molar-refractivity contribution in [1.82, 2.24) is 0 Å². The normalized spacial score (nSPS) is 12.1. The molecule has 0 aliphatic carbocycles. The molecule has 0 fully saturated rings. The summed E-state index contributed by atoms with van der Waals surface area (Å²) in [6.07, 6.45) is -0.518. The van der Waals surface area contributed by atoms with E-state index >= 15 is 0 Å². The molecule has 0 saturated carbocycles. The Labute approximate surface area is 150 Å². The molecule has 0 aliphatic heterocycles. The lowest BCUT2D eigenvalue weighted by Crippen LogP contribution is -2.30. The minimum absolute atomic E-state index is 0.0840. The minimum atomic E-state index is -0.602. The Hall–Kier alpha value is -2.49. The van der Waals surface area contributed by atoms with Crippen molar-refractivity contribution in [2.75, 3.05) is 5.32 Å². The maximum atomic E-state index is 12.5. The number of amides is 1. The monoisotopic (exact) mass is 341 g/mol. The van der Waals surface area contributed by atoms with Gasteiger partial charge in [-0.25, -0.2) is 0 Å². The van der Waals surface area contributed by atoms with Crippen LogP contribution in [0.25, 0.3) is 0 Å². The third kappa shape index (κ3) is 5.52. The maximum Gasteiger partial charge on any atom is 0.265 e. The quantitative estimate of drug-likeness (QED) is 0.770. The highest BCUT2D eigenvalue weighted by Gasteiger charge is 2.17. The number of para-hydroxylation sites is 1. The van der Waals surface area contributed by atoms with Gasteiger partial charge in [0.1, 0.15) is 11.5 Å². The standard InChI is InChI=1S/C21H27NO3/c1-14(2)19-11-6-7-12-20(19)25-16(5)21(23)22-17-9-8-10-18(13-17)24-15(3)4/h6-16H,1-5H3,(H,22,23)/t16-/m0/s1. The summed E-state index contributed by atoms with van der Waals surface area (Å²) >= 11 is 0. The number of rotatable bonds is 7. The number of nitrogens with one attached hydrogen (secondary N) is 1. The van der Waals surface area contributed by atoms with Crippen LogP contribution in [0.3, 0.4) is 0 Å². The van der Waals surface area contributed by atoms with E-state index in [-0.39, 0.29) is 12.0 Å². The number of hydrogen-bond acceptors (Lipinski definition) is 3. The number of carbonyl (C=O) groups excluding carboxylic acids is 1. The van der Waals surface area contributed by atoms with Crippen LogP contribution in [0.2, 0.25) is 0 Å². The topological polar surface area (TPSA) is 47.6 Å². The zero-order valence-electron chi connectivity index (χ0n) is 15.6. The van der Waals surface area contributed by atoms with Crippen molar-refractivity contribution in [3.63, 3.8) is 0 Å². The van der Waals surface area contributed by atoms with Gasteiger partial charge in [0.25, 0.3) is 5.91 Å². The van der Waals surface area contributed by atoms with Crippen molar-refractivity contribution in [2.24, 2.45) is 0 Å². The number of benzene rings is 2. The van der Waals surface area contributed by atoms with Crippen LogP contribution in [0, 0.1) is 0 Å². The molecule has 0 unspecified atom stereocenters. The van der Waals surface area contributed by atoms with Crippen LogP contribution in [0.5, 0.6) is 11.5 Å². The number of ether oxygens (including phenoxy) is 2. The van der Waals surface area contributed by atoms with E-state index < -0.39 is 6.10 Å². The van der Waals surface area contributed by atoms with Gasteiger partial charge < -0.3 is 14.8 Å². The van der Waals surface area contributed by atoms with Crippen LogP contribution >= 0.6 is 0 Å². The average Bonchev–Trinajstić information content (AvgIpc) is 2.54. The van der Waals surface area contributed by atoms with E-state index in [9.17, 15) is 4.79 Å². The summed E-state index contributed by atoms with van der Waals surface area (Å²) in [6, 6.07) is 15.2. The molecule has 4 nitrogen and oxygen atoms in total. The second kappa shape index (κ2) is 8.56. The SMILES string of the molecule is CC(C)Oc1cccc(NC(=O)[C@H](C)Oc2ccccc2C(C)C)c1. The average molecular weight is 341 g/mol. The van der Waals surface area contributed by atoms with E-state index in [1.807, 2.05) is 62.4 Å². The molecular formula is C21H27NO3. The number of carbonyl (C=O) groups is 1. The molecule has 0 heterocycles. The molecule has 1 amide bonds. The predicted octanol–water partition coefficient (Wildman–Crippen LogP) is 5.00. The van der Waals surface area contributed by atoms with Crippen LogP contribution in [-0.2, 0) is 4.79 Å². The van der Waals surface area contributed by atoms with Gasteiger partial charge in [-0.1, -0.05) is 38.1 Å². The van der Waals surface area contributed by atoms with Crippen LogP contribution < -0.4 is 14.8 Å². The van der Waals surface area contributed by atoms with Crippen molar-refractivity contribution in [1.29, 1.82) is 0 Å². The first-order valence-corrected chi connectivity index (χ1v) is 8.70. The highest BCUT2D eigenvalue weighted by Crippen LogP contribution is 2.27. The second-order valence-electron chi connectivity index (χ2n) is 6.64. The second-order valence-corrected chi connectivity index (χ2v) is 6.64. The lowest BCUT2D eigenvalue weighted by atomic mass is 10.0. The van der Waals surface area contributed by atoms with Crippen molar-refractivity contribution in [3.05, 3.63) is 54.1 Å². The molecule has 1 atom stereocenters. The lowest BCUT2D eigenvalue weighted by Gasteiger charge is -2.19. The Bertz CT molecular complexity index is 710. The van der Waals surface area contributed by atoms with Crippen molar-refractivity contribution in [2.45, 2.75) is 52.7 Å². The first kappa shape index (κ1) is 18.8. The first-order chi connectivity index (χ1) is 11.9. The van der Waals surface area contributed by atoms with E-state index in [0.717, 1.165) is 17.1 Å². The molecule has 25 heavy (non-hydrogen) atoms. The molecule has 0 bridgehead atoms. The summed E-state index contributed by atoms with van der Waals surface area (Å²) in [7, 11) is 0. The van der Waals surface area contributed by atoms with Crippen LogP contribution in [0.1, 0.15) is 46.1 Å². The van der Waals surface area contributed by atoms with Crippen molar-refractivity contribution >= 4 is 11.6 Å². The Balaban J connectivity index is 2.04. The van der Waals surface area contributed by atoms with E-state index in [0.29, 0.717) is 11.6 Å². The molecule has 0 aliphatic rings. The minimum Gasteiger partial charge on any atom is -0.491 e. The third-order valence-electron chi connectivity index (χ3n) is 3.69. The van der Waals surface area contributed by atoms with Gasteiger partial charge in [-0.15, -0.1) is 0 Å². The van der Waals surface area contributed by atoms with Gasteiger partial charge in [0.15, 0.2) is 6.10 Å². The summed E-state index contributed by atoms with van der Waals surface area (Å²) in [5, 5.41) is 2.88. The number of anilines is 1. The Morgan fingerprint density at radius 3 is 2.32 bits per heavy atom. The molecule has 134 valence electrons. The molecule has 4 heteroatoms. The zero-order valence-corrected chi connectivity index (χ0v) is 15.6. The van der Waals surface area contributed by atoms with Crippen LogP contribution in [0.4, 0.5) is 5.69 Å². The smallest absolute Gasteiger partial charge is 0.265 e. The van der Waals surface area contributed by atoms with E-state index in [1.165, 1.54) is 0 Å². The number of hydrogen-bond donors (Lipinski definition) is 1. The van der Waals surface area contributed by atoms with Crippen molar-refractivity contribution < 1.29 is 14.3 Å². The molecule has 0 spiro atoms. The fraction of sp³-hybridized carbons (Fsp3) is 0.381. The lowest BCUT2D eigenvalue weighted by molar-refractivity contribution is -0.122. The van der Waals surface area contributed by atoms with Gasteiger partial charge in [-0.2, -0.15) is 0 Å². The third-order valence-corrected chi connectivity index (χ3v) is 3.69. The Morgan fingerprint density at radius 1 is 0.920 bits per heavy atom. The Kier molecular flexibility index (Phi) is 6.45. The molecule has 0 saturated heterocycles. The van der Waals surface area contributed by atoms with Gasteiger partial charge >= 0.3 is 0 Å². The van der Waals surface area contributed by atoms with E-state index in [4.69, 9.17) is 9.47 Å². The van der Waals surface area contributed by atoms with E-state index in [1.54, 1.807) is 6.92 Å². The maximum absolute atomic E-state index is 12.5. The Morgan fingerprint density at radius 2 is 1.64 bits per heavy atom. The van der Waals surface area contributed by atoms with Crippen molar-refractivity contribution in [3.8, 4) is 11.5 Å². The predicted molar refractivity (Wildman–Crippen MR) is 101 cm³/mol. The molecule has 2 aromatic rings.